The number of carbonyl (C=O) groups excluding carboxylic acids is 2. The van der Waals surface area contributed by atoms with Crippen molar-refractivity contribution < 1.29 is 14.0 Å². The summed E-state index contributed by atoms with van der Waals surface area (Å²) in [6.07, 6.45) is 4.40. The van der Waals surface area contributed by atoms with Gasteiger partial charge in [0.25, 0.3) is 5.91 Å². The average molecular weight is 354 g/mol. The number of aromatic nitrogens is 3. The Morgan fingerprint density at radius 1 is 1.15 bits per heavy atom. The molecule has 3 aromatic rings. The fourth-order valence-electron chi connectivity index (χ4n) is 2.79. The minimum atomic E-state index is -0.262. The SMILES string of the molecule is CC(=O)c1cnc2c(C(=O)NCCCc3ccc(F)cc3)cnn2c1C. The molecule has 0 atom stereocenters. The van der Waals surface area contributed by atoms with Crippen LogP contribution >= 0.6 is 0 Å². The molecule has 0 unspecified atom stereocenters. The van der Waals surface area contributed by atoms with Gasteiger partial charge in [-0.3, -0.25) is 9.59 Å². The molecule has 3 rings (SSSR count). The molecule has 7 heteroatoms. The highest BCUT2D eigenvalue weighted by Gasteiger charge is 2.17. The van der Waals surface area contributed by atoms with Crippen molar-refractivity contribution >= 4 is 17.3 Å². The Bertz CT molecular complexity index is 964. The number of nitrogens with one attached hydrogen (secondary N) is 1. The molecule has 0 saturated heterocycles. The Morgan fingerprint density at radius 2 is 1.88 bits per heavy atom. The second-order valence-corrected chi connectivity index (χ2v) is 6.09. The smallest absolute Gasteiger partial charge is 0.256 e. The van der Waals surface area contributed by atoms with Crippen LogP contribution < -0.4 is 5.32 Å². The lowest BCUT2D eigenvalue weighted by Gasteiger charge is -2.06. The van der Waals surface area contributed by atoms with E-state index < -0.39 is 0 Å². The van der Waals surface area contributed by atoms with E-state index in [0.29, 0.717) is 29.0 Å². The van der Waals surface area contributed by atoms with Crippen LogP contribution in [0, 0.1) is 12.7 Å². The van der Waals surface area contributed by atoms with Crippen LogP contribution in [0.2, 0.25) is 0 Å². The molecular weight excluding hydrogens is 335 g/mol. The Kier molecular flexibility index (Phi) is 5.06. The first-order valence-electron chi connectivity index (χ1n) is 8.34. The Hall–Kier alpha value is -3.09. The normalized spacial score (nSPS) is 10.9. The molecule has 0 aliphatic carbocycles. The third-order valence-corrected chi connectivity index (χ3v) is 4.23. The van der Waals surface area contributed by atoms with E-state index in [0.717, 1.165) is 18.4 Å². The second kappa shape index (κ2) is 7.43. The maximum atomic E-state index is 12.9. The van der Waals surface area contributed by atoms with Crippen molar-refractivity contribution in [2.75, 3.05) is 6.54 Å². The zero-order chi connectivity index (χ0) is 18.7. The summed E-state index contributed by atoms with van der Waals surface area (Å²) in [6, 6.07) is 6.33. The molecule has 0 aliphatic heterocycles. The molecule has 26 heavy (non-hydrogen) atoms. The fraction of sp³-hybridized carbons (Fsp3) is 0.263. The lowest BCUT2D eigenvalue weighted by Crippen LogP contribution is -2.24. The molecule has 6 nitrogen and oxygen atoms in total. The lowest BCUT2D eigenvalue weighted by molar-refractivity contribution is 0.0953. The van der Waals surface area contributed by atoms with E-state index in [2.05, 4.69) is 15.4 Å². The minimum Gasteiger partial charge on any atom is -0.352 e. The summed E-state index contributed by atoms with van der Waals surface area (Å²) in [7, 11) is 0. The van der Waals surface area contributed by atoms with Crippen LogP contribution in [-0.2, 0) is 6.42 Å². The third kappa shape index (κ3) is 3.61. The summed E-state index contributed by atoms with van der Waals surface area (Å²) in [5.41, 5.74) is 2.93. The van der Waals surface area contributed by atoms with Crippen molar-refractivity contribution in [3.05, 3.63) is 64.9 Å². The van der Waals surface area contributed by atoms with Gasteiger partial charge >= 0.3 is 0 Å². The van der Waals surface area contributed by atoms with Crippen LogP contribution in [0.4, 0.5) is 4.39 Å². The highest BCUT2D eigenvalue weighted by molar-refractivity contribution is 6.00. The number of hydrogen-bond acceptors (Lipinski definition) is 4. The number of Topliss-reactive ketones (excluding diaryl/α,β-unsaturated/α-hetero) is 1. The summed E-state index contributed by atoms with van der Waals surface area (Å²) in [4.78, 5) is 28.2. The highest BCUT2D eigenvalue weighted by atomic mass is 19.1. The molecule has 134 valence electrons. The molecule has 0 radical (unpaired) electrons. The first kappa shape index (κ1) is 17.7. The fourth-order valence-corrected chi connectivity index (χ4v) is 2.79. The Morgan fingerprint density at radius 3 is 2.58 bits per heavy atom. The van der Waals surface area contributed by atoms with Crippen LogP contribution in [0.1, 0.15) is 45.3 Å². The number of aryl methyl sites for hydroxylation is 2. The number of fused-ring (bicyclic) bond motifs is 1. The predicted molar refractivity (Wildman–Crippen MR) is 94.8 cm³/mol. The van der Waals surface area contributed by atoms with Crippen molar-refractivity contribution in [3.8, 4) is 0 Å². The van der Waals surface area contributed by atoms with Crippen molar-refractivity contribution in [1.29, 1.82) is 0 Å². The number of amides is 1. The summed E-state index contributed by atoms with van der Waals surface area (Å²) in [6.45, 7) is 3.72. The van der Waals surface area contributed by atoms with Crippen molar-refractivity contribution in [3.63, 3.8) is 0 Å². The van der Waals surface area contributed by atoms with Crippen LogP contribution in [0.25, 0.3) is 5.65 Å². The summed E-state index contributed by atoms with van der Waals surface area (Å²) in [5.74, 6) is -0.619. The average Bonchev–Trinajstić information content (AvgIpc) is 3.05. The summed E-state index contributed by atoms with van der Waals surface area (Å²) < 4.78 is 14.4. The van der Waals surface area contributed by atoms with E-state index >= 15 is 0 Å². The number of nitrogens with zero attached hydrogens (tertiary/aromatic N) is 3. The number of ketones is 1. The monoisotopic (exact) mass is 354 g/mol. The first-order valence-corrected chi connectivity index (χ1v) is 8.34. The van der Waals surface area contributed by atoms with E-state index in [-0.39, 0.29) is 17.5 Å². The van der Waals surface area contributed by atoms with Gasteiger partial charge in [-0.15, -0.1) is 0 Å². The van der Waals surface area contributed by atoms with Crippen LogP contribution in [0.5, 0.6) is 0 Å². The number of carbonyl (C=O) groups is 2. The second-order valence-electron chi connectivity index (χ2n) is 6.09. The Labute approximate surface area is 150 Å². The van der Waals surface area contributed by atoms with E-state index in [9.17, 15) is 14.0 Å². The standard InChI is InChI=1S/C19H19FN4O2/c1-12-16(13(2)25)10-22-18-17(11-23-24(12)18)19(26)21-9-3-4-14-5-7-15(20)8-6-14/h5-8,10-11H,3-4,9H2,1-2H3,(H,21,26). The molecule has 0 aliphatic rings. The van der Waals surface area contributed by atoms with Crippen molar-refractivity contribution in [1.82, 2.24) is 19.9 Å². The first-order chi connectivity index (χ1) is 12.5. The van der Waals surface area contributed by atoms with Gasteiger partial charge in [-0.25, -0.2) is 13.9 Å². The van der Waals surface area contributed by atoms with Crippen LogP contribution in [0.15, 0.2) is 36.7 Å². The van der Waals surface area contributed by atoms with E-state index in [1.165, 1.54) is 36.0 Å². The predicted octanol–water partition coefficient (Wildman–Crippen LogP) is 2.74. The number of halogens is 1. The topological polar surface area (TPSA) is 76.4 Å². The molecule has 1 amide bonds. The van der Waals surface area contributed by atoms with E-state index in [4.69, 9.17) is 0 Å². The van der Waals surface area contributed by atoms with Gasteiger partial charge in [0.2, 0.25) is 0 Å². The number of rotatable bonds is 6. The maximum Gasteiger partial charge on any atom is 0.256 e. The van der Waals surface area contributed by atoms with Gasteiger partial charge in [0.1, 0.15) is 11.4 Å². The van der Waals surface area contributed by atoms with Crippen molar-refractivity contribution in [2.45, 2.75) is 26.7 Å². The molecule has 2 heterocycles. The molecule has 1 N–H and O–H groups in total. The molecule has 0 saturated carbocycles. The lowest BCUT2D eigenvalue weighted by atomic mass is 10.1. The summed E-state index contributed by atoms with van der Waals surface area (Å²) in [5, 5.41) is 7.01. The van der Waals surface area contributed by atoms with Gasteiger partial charge in [0, 0.05) is 12.7 Å². The minimum absolute atomic E-state index is 0.0980. The van der Waals surface area contributed by atoms with Gasteiger partial charge < -0.3 is 5.32 Å². The molecular formula is C19H19FN4O2. The molecule has 2 aromatic heterocycles. The van der Waals surface area contributed by atoms with Gasteiger partial charge in [0.05, 0.1) is 17.5 Å². The number of benzene rings is 1. The number of hydrogen-bond donors (Lipinski definition) is 1. The zero-order valence-corrected chi connectivity index (χ0v) is 14.6. The zero-order valence-electron chi connectivity index (χ0n) is 14.6. The van der Waals surface area contributed by atoms with Crippen LogP contribution in [0.3, 0.4) is 0 Å². The van der Waals surface area contributed by atoms with Gasteiger partial charge in [-0.05, 0) is 44.4 Å². The molecule has 0 bridgehead atoms. The third-order valence-electron chi connectivity index (χ3n) is 4.23. The van der Waals surface area contributed by atoms with E-state index in [1.54, 1.807) is 19.1 Å². The van der Waals surface area contributed by atoms with Crippen LogP contribution in [-0.4, -0.2) is 32.8 Å². The molecule has 1 aromatic carbocycles. The van der Waals surface area contributed by atoms with E-state index in [1.807, 2.05) is 0 Å². The van der Waals surface area contributed by atoms with Gasteiger partial charge in [-0.1, -0.05) is 12.1 Å². The van der Waals surface area contributed by atoms with Gasteiger partial charge in [0.15, 0.2) is 11.4 Å². The Balaban J connectivity index is 1.64. The molecule has 0 spiro atoms. The van der Waals surface area contributed by atoms with Crippen molar-refractivity contribution in [2.24, 2.45) is 0 Å². The quantitative estimate of drug-likeness (QED) is 0.545. The maximum absolute atomic E-state index is 12.9. The molecule has 0 fully saturated rings. The highest BCUT2D eigenvalue weighted by Crippen LogP contribution is 2.14. The largest absolute Gasteiger partial charge is 0.352 e. The van der Waals surface area contributed by atoms with Gasteiger partial charge in [-0.2, -0.15) is 5.10 Å². The summed E-state index contributed by atoms with van der Waals surface area (Å²) >= 11 is 0.